The predicted octanol–water partition coefficient (Wildman–Crippen LogP) is 2.46. The summed E-state index contributed by atoms with van der Waals surface area (Å²) in [5.74, 6) is -0.151. The second-order valence-corrected chi connectivity index (χ2v) is 4.34. The fraction of sp³-hybridized carbons (Fsp3) is 0.267. The number of benzene rings is 1. The fourth-order valence-electron chi connectivity index (χ4n) is 2.32. The number of rotatable bonds is 3. The lowest BCUT2D eigenvalue weighted by molar-refractivity contribution is -0.120. The van der Waals surface area contributed by atoms with Crippen molar-refractivity contribution in [2.75, 3.05) is 0 Å². The molecule has 17 heavy (non-hydrogen) atoms. The molecule has 1 N–H and O–H groups in total. The first-order chi connectivity index (χ1) is 8.22. The Bertz CT molecular complexity index is 433. The highest BCUT2D eigenvalue weighted by atomic mass is 16.3. The Balaban J connectivity index is 2.28. The number of allylic oxidation sites excluding steroid dienone is 2. The van der Waals surface area contributed by atoms with Gasteiger partial charge >= 0.3 is 0 Å². The molecule has 2 nitrogen and oxygen atoms in total. The second-order valence-electron chi connectivity index (χ2n) is 4.34. The minimum Gasteiger partial charge on any atom is -0.389 e. The van der Waals surface area contributed by atoms with Crippen LogP contribution in [0.4, 0.5) is 0 Å². The van der Waals surface area contributed by atoms with Crippen LogP contribution in [0.15, 0.2) is 55.1 Å². The molecule has 2 heteroatoms. The summed E-state index contributed by atoms with van der Waals surface area (Å²) < 4.78 is 0. The van der Waals surface area contributed by atoms with Crippen LogP contribution in [0, 0.1) is 5.92 Å². The highest BCUT2D eigenvalue weighted by Gasteiger charge is 2.30. The van der Waals surface area contributed by atoms with Gasteiger partial charge in [0, 0.05) is 11.8 Å². The normalized spacial score (nSPS) is 25.6. The number of aliphatic hydroxyl groups is 1. The van der Waals surface area contributed by atoms with E-state index in [9.17, 15) is 9.90 Å². The van der Waals surface area contributed by atoms with Crippen molar-refractivity contribution in [2.24, 2.45) is 5.92 Å². The zero-order valence-electron chi connectivity index (χ0n) is 9.62. The van der Waals surface area contributed by atoms with Crippen molar-refractivity contribution in [3.05, 3.63) is 60.7 Å². The van der Waals surface area contributed by atoms with Crippen LogP contribution in [0.2, 0.25) is 0 Å². The number of hydrogen-bond donors (Lipinski definition) is 1. The van der Waals surface area contributed by atoms with Gasteiger partial charge in [0.25, 0.3) is 0 Å². The summed E-state index contributed by atoms with van der Waals surface area (Å²) in [5, 5.41) is 9.62. The van der Waals surface area contributed by atoms with Gasteiger partial charge in [-0.05, 0) is 18.1 Å². The molecule has 1 aromatic carbocycles. The molecule has 0 radical (unpaired) electrons. The van der Waals surface area contributed by atoms with Crippen molar-refractivity contribution < 1.29 is 9.90 Å². The number of ketones is 1. The van der Waals surface area contributed by atoms with Crippen LogP contribution >= 0.6 is 0 Å². The van der Waals surface area contributed by atoms with Gasteiger partial charge in [-0.1, -0.05) is 42.5 Å². The van der Waals surface area contributed by atoms with Crippen molar-refractivity contribution >= 4 is 5.78 Å². The summed E-state index contributed by atoms with van der Waals surface area (Å²) in [6.07, 6.45) is 4.79. The third-order valence-corrected chi connectivity index (χ3v) is 3.22. The minimum absolute atomic E-state index is 0.0247. The van der Waals surface area contributed by atoms with Crippen LogP contribution in [0.3, 0.4) is 0 Å². The van der Waals surface area contributed by atoms with Gasteiger partial charge in [0.2, 0.25) is 0 Å². The summed E-state index contributed by atoms with van der Waals surface area (Å²) in [4.78, 5) is 11.9. The fourth-order valence-corrected chi connectivity index (χ4v) is 2.32. The van der Waals surface area contributed by atoms with Crippen LogP contribution in [-0.2, 0) is 4.79 Å². The lowest BCUT2D eigenvalue weighted by atomic mass is 9.77. The van der Waals surface area contributed by atoms with Crippen molar-refractivity contribution in [3.8, 4) is 0 Å². The van der Waals surface area contributed by atoms with Crippen molar-refractivity contribution in [2.45, 2.75) is 18.4 Å². The Labute approximate surface area is 101 Å². The largest absolute Gasteiger partial charge is 0.389 e. The molecule has 0 aromatic heterocycles. The van der Waals surface area contributed by atoms with Crippen LogP contribution in [0.25, 0.3) is 0 Å². The summed E-state index contributed by atoms with van der Waals surface area (Å²) in [6.45, 7) is 3.81. The average molecular weight is 228 g/mol. The first-order valence-electron chi connectivity index (χ1n) is 5.80. The molecule has 0 amide bonds. The molecule has 0 fully saturated rings. The zero-order chi connectivity index (χ0) is 12.3. The van der Waals surface area contributed by atoms with E-state index in [1.165, 1.54) is 6.08 Å². The van der Waals surface area contributed by atoms with Crippen molar-refractivity contribution in [1.29, 1.82) is 0 Å². The molecule has 1 unspecified atom stereocenters. The van der Waals surface area contributed by atoms with E-state index < -0.39 is 6.10 Å². The number of carbonyl (C=O) groups is 1. The van der Waals surface area contributed by atoms with E-state index in [1.807, 2.05) is 30.3 Å². The Morgan fingerprint density at radius 3 is 2.71 bits per heavy atom. The van der Waals surface area contributed by atoms with Crippen LogP contribution in [-0.4, -0.2) is 17.0 Å². The molecule has 1 aliphatic carbocycles. The molecule has 0 bridgehead atoms. The molecular formula is C15H16O2. The molecular weight excluding hydrogens is 212 g/mol. The standard InChI is InChI=1S/C15H16O2/c1-2-13(11-6-4-3-5-7-11)14-10-12(16)8-9-15(14)17/h2-9,12-14,16H,1,10H2/t12-,13?,14+/m0/s1. The molecule has 0 saturated carbocycles. The summed E-state index contributed by atoms with van der Waals surface area (Å²) in [5.41, 5.74) is 1.07. The molecule has 88 valence electrons. The number of aliphatic hydroxyl groups excluding tert-OH is 1. The van der Waals surface area contributed by atoms with E-state index in [2.05, 4.69) is 6.58 Å². The van der Waals surface area contributed by atoms with Gasteiger partial charge in [-0.15, -0.1) is 6.58 Å². The second kappa shape index (κ2) is 5.11. The maximum Gasteiger partial charge on any atom is 0.159 e. The molecule has 0 spiro atoms. The predicted molar refractivity (Wildman–Crippen MR) is 67.6 cm³/mol. The molecule has 0 heterocycles. The van der Waals surface area contributed by atoms with E-state index in [4.69, 9.17) is 0 Å². The Morgan fingerprint density at radius 1 is 1.35 bits per heavy atom. The summed E-state index contributed by atoms with van der Waals surface area (Å²) >= 11 is 0. The Morgan fingerprint density at radius 2 is 2.06 bits per heavy atom. The maximum absolute atomic E-state index is 11.9. The molecule has 2 rings (SSSR count). The Kier molecular flexibility index (Phi) is 3.55. The van der Waals surface area contributed by atoms with E-state index in [0.717, 1.165) is 5.56 Å². The van der Waals surface area contributed by atoms with E-state index >= 15 is 0 Å². The van der Waals surface area contributed by atoms with Gasteiger partial charge in [0.15, 0.2) is 5.78 Å². The molecule has 0 saturated heterocycles. The molecule has 3 atom stereocenters. The number of carbonyl (C=O) groups excluding carboxylic acids is 1. The quantitative estimate of drug-likeness (QED) is 0.807. The van der Waals surface area contributed by atoms with E-state index in [-0.39, 0.29) is 17.6 Å². The van der Waals surface area contributed by atoms with E-state index in [1.54, 1.807) is 12.2 Å². The average Bonchev–Trinajstić information content (AvgIpc) is 2.36. The lowest BCUT2D eigenvalue weighted by Gasteiger charge is -2.26. The molecule has 1 aliphatic rings. The summed E-state index contributed by atoms with van der Waals surface area (Å²) in [6, 6.07) is 9.83. The van der Waals surface area contributed by atoms with Crippen molar-refractivity contribution in [3.63, 3.8) is 0 Å². The highest BCUT2D eigenvalue weighted by Crippen LogP contribution is 2.32. The molecule has 0 aliphatic heterocycles. The van der Waals surface area contributed by atoms with Gasteiger partial charge in [-0.25, -0.2) is 0 Å². The first-order valence-corrected chi connectivity index (χ1v) is 5.80. The smallest absolute Gasteiger partial charge is 0.159 e. The monoisotopic (exact) mass is 228 g/mol. The SMILES string of the molecule is C=CC(c1ccccc1)[C@H]1C[C@@H](O)C=CC1=O. The van der Waals surface area contributed by atoms with Crippen molar-refractivity contribution in [1.82, 2.24) is 0 Å². The number of hydrogen-bond acceptors (Lipinski definition) is 2. The van der Waals surface area contributed by atoms with Crippen LogP contribution < -0.4 is 0 Å². The van der Waals surface area contributed by atoms with Crippen LogP contribution in [0.5, 0.6) is 0 Å². The minimum atomic E-state index is -0.524. The highest BCUT2D eigenvalue weighted by molar-refractivity contribution is 5.93. The van der Waals surface area contributed by atoms with Gasteiger partial charge in [0.05, 0.1) is 6.10 Å². The topological polar surface area (TPSA) is 37.3 Å². The summed E-state index contributed by atoms with van der Waals surface area (Å²) in [7, 11) is 0. The van der Waals surface area contributed by atoms with Crippen LogP contribution in [0.1, 0.15) is 17.9 Å². The zero-order valence-corrected chi connectivity index (χ0v) is 9.62. The van der Waals surface area contributed by atoms with Gasteiger partial charge < -0.3 is 5.11 Å². The maximum atomic E-state index is 11.9. The third-order valence-electron chi connectivity index (χ3n) is 3.22. The van der Waals surface area contributed by atoms with E-state index in [0.29, 0.717) is 6.42 Å². The van der Waals surface area contributed by atoms with Gasteiger partial charge in [-0.3, -0.25) is 4.79 Å². The third kappa shape index (κ3) is 2.53. The lowest BCUT2D eigenvalue weighted by Crippen LogP contribution is -2.28. The Hall–Kier alpha value is -1.67. The van der Waals surface area contributed by atoms with Gasteiger partial charge in [-0.2, -0.15) is 0 Å². The molecule has 1 aromatic rings. The first kappa shape index (κ1) is 11.8. The van der Waals surface area contributed by atoms with Gasteiger partial charge in [0.1, 0.15) is 0 Å².